The van der Waals surface area contributed by atoms with Crippen LogP contribution in [0.25, 0.3) is 0 Å². The monoisotopic (exact) mass is 409 g/mol. The van der Waals surface area contributed by atoms with Gasteiger partial charge in [0, 0.05) is 11.6 Å². The molecule has 0 radical (unpaired) electrons. The molecule has 3 rings (SSSR count). The highest BCUT2D eigenvalue weighted by atomic mass is 16.5. The maximum absolute atomic E-state index is 12.4. The van der Waals surface area contributed by atoms with Crippen LogP contribution in [0.15, 0.2) is 54.7 Å². The van der Waals surface area contributed by atoms with Gasteiger partial charge in [0.2, 0.25) is 0 Å². The number of methoxy groups -OCH3 is 2. The fourth-order valence-electron chi connectivity index (χ4n) is 3.08. The summed E-state index contributed by atoms with van der Waals surface area (Å²) in [6.07, 6.45) is 1.63. The summed E-state index contributed by atoms with van der Waals surface area (Å²) in [5, 5.41) is 7.15. The fraction of sp³-hybridized carbons (Fsp3) is 0.304. The number of hydrogen-bond donors (Lipinski definition) is 1. The van der Waals surface area contributed by atoms with Crippen LogP contribution < -0.4 is 19.5 Å². The number of nitrogens with zero attached hydrogens (tertiary/aromatic N) is 2. The average Bonchev–Trinajstić information content (AvgIpc) is 3.18. The number of nitrogens with one attached hydrogen (secondary N) is 1. The third-order valence-electron chi connectivity index (χ3n) is 4.71. The Labute approximate surface area is 176 Å². The van der Waals surface area contributed by atoms with Crippen LogP contribution in [0.2, 0.25) is 0 Å². The summed E-state index contributed by atoms with van der Waals surface area (Å²) in [5.74, 6) is 2.70. The lowest BCUT2D eigenvalue weighted by atomic mass is 10.0. The summed E-state index contributed by atoms with van der Waals surface area (Å²) in [4.78, 5) is 12.4. The van der Waals surface area contributed by atoms with Gasteiger partial charge in [-0.05, 0) is 29.7 Å². The van der Waals surface area contributed by atoms with Gasteiger partial charge in [0.1, 0.15) is 11.6 Å². The van der Waals surface area contributed by atoms with Gasteiger partial charge < -0.3 is 19.5 Å². The molecule has 7 heteroatoms. The highest BCUT2D eigenvalue weighted by Gasteiger charge is 2.13. The number of carbonyl (C=O) groups excluding carboxylic acids is 1. The van der Waals surface area contributed by atoms with Gasteiger partial charge in [-0.25, -0.2) is 4.68 Å². The van der Waals surface area contributed by atoms with Crippen molar-refractivity contribution in [2.24, 2.45) is 0 Å². The van der Waals surface area contributed by atoms with Gasteiger partial charge in [-0.1, -0.05) is 38.1 Å². The molecule has 0 aliphatic heterocycles. The molecule has 0 atom stereocenters. The molecule has 0 aliphatic rings. The number of ether oxygens (including phenoxy) is 3. The minimum atomic E-state index is -0.262. The summed E-state index contributed by atoms with van der Waals surface area (Å²) in [6, 6.07) is 15.2. The number of para-hydroxylation sites is 1. The number of rotatable bonds is 9. The predicted octanol–water partition coefficient (Wildman–Crippen LogP) is 4.09. The summed E-state index contributed by atoms with van der Waals surface area (Å²) >= 11 is 0. The largest absolute Gasteiger partial charge is 0.493 e. The second-order valence-corrected chi connectivity index (χ2v) is 7.09. The normalized spacial score (nSPS) is 10.7. The van der Waals surface area contributed by atoms with Crippen LogP contribution in [0, 0.1) is 0 Å². The van der Waals surface area contributed by atoms with E-state index in [2.05, 4.69) is 24.3 Å². The van der Waals surface area contributed by atoms with E-state index < -0.39 is 0 Å². The van der Waals surface area contributed by atoms with E-state index in [-0.39, 0.29) is 12.5 Å². The second kappa shape index (κ2) is 9.82. The smallest absolute Gasteiger partial charge is 0.263 e. The minimum Gasteiger partial charge on any atom is -0.493 e. The lowest BCUT2D eigenvalue weighted by Gasteiger charge is -2.14. The molecular formula is C23H27N3O4. The highest BCUT2D eigenvalue weighted by Crippen LogP contribution is 2.31. The molecule has 1 aromatic heterocycles. The molecule has 1 heterocycles. The molecule has 0 fully saturated rings. The van der Waals surface area contributed by atoms with Gasteiger partial charge in [0.25, 0.3) is 5.91 Å². The molecule has 0 unspecified atom stereocenters. The van der Waals surface area contributed by atoms with Gasteiger partial charge in [0.15, 0.2) is 18.1 Å². The Morgan fingerprint density at radius 1 is 1.07 bits per heavy atom. The van der Waals surface area contributed by atoms with Crippen molar-refractivity contribution in [1.29, 1.82) is 0 Å². The molecule has 0 saturated heterocycles. The zero-order valence-electron chi connectivity index (χ0n) is 17.7. The highest BCUT2D eigenvalue weighted by molar-refractivity contribution is 5.91. The topological polar surface area (TPSA) is 74.6 Å². The fourth-order valence-corrected chi connectivity index (χ4v) is 3.08. The molecule has 7 nitrogen and oxygen atoms in total. The van der Waals surface area contributed by atoms with Crippen LogP contribution in [0.4, 0.5) is 5.82 Å². The summed E-state index contributed by atoms with van der Waals surface area (Å²) in [5.41, 5.74) is 2.11. The summed E-state index contributed by atoms with van der Waals surface area (Å²) in [7, 11) is 3.19. The molecule has 2 aromatic carbocycles. The molecule has 1 amide bonds. The quantitative estimate of drug-likeness (QED) is 0.576. The van der Waals surface area contributed by atoms with Crippen molar-refractivity contribution < 1.29 is 19.0 Å². The first-order chi connectivity index (χ1) is 14.5. The van der Waals surface area contributed by atoms with Crippen LogP contribution in [0.1, 0.15) is 30.9 Å². The lowest BCUT2D eigenvalue weighted by Crippen LogP contribution is -2.22. The first-order valence-corrected chi connectivity index (χ1v) is 9.76. The number of anilines is 1. The lowest BCUT2D eigenvalue weighted by molar-refractivity contribution is -0.118. The van der Waals surface area contributed by atoms with E-state index in [4.69, 9.17) is 14.2 Å². The molecule has 1 N–H and O–H groups in total. The average molecular weight is 409 g/mol. The zero-order chi connectivity index (χ0) is 21.5. The van der Waals surface area contributed by atoms with E-state index >= 15 is 0 Å². The third kappa shape index (κ3) is 5.11. The van der Waals surface area contributed by atoms with E-state index in [0.29, 0.717) is 35.5 Å². The molecule has 30 heavy (non-hydrogen) atoms. The summed E-state index contributed by atoms with van der Waals surface area (Å²) in [6.45, 7) is 4.59. The standard InChI is InChI=1S/C23H27N3O4/c1-16(2)17-8-10-19(11-9-17)30-15-22(27)25-21-12-13-24-26(21)14-18-6-5-7-20(28-3)23(18)29-4/h5-13,16H,14-15H2,1-4H3,(H,25,27). The van der Waals surface area contributed by atoms with Crippen molar-refractivity contribution >= 4 is 11.7 Å². The minimum absolute atomic E-state index is 0.0886. The van der Waals surface area contributed by atoms with E-state index in [0.717, 1.165) is 5.56 Å². The number of carbonyl (C=O) groups is 1. The van der Waals surface area contributed by atoms with Gasteiger partial charge >= 0.3 is 0 Å². The maximum Gasteiger partial charge on any atom is 0.263 e. The van der Waals surface area contributed by atoms with Gasteiger partial charge in [0.05, 0.1) is 27.0 Å². The van der Waals surface area contributed by atoms with E-state index in [1.165, 1.54) is 5.56 Å². The Balaban J connectivity index is 1.62. The van der Waals surface area contributed by atoms with Crippen LogP contribution >= 0.6 is 0 Å². The first kappa shape index (κ1) is 21.2. The molecular weight excluding hydrogens is 382 g/mol. The Hall–Kier alpha value is -3.48. The molecule has 158 valence electrons. The van der Waals surface area contributed by atoms with Crippen LogP contribution in [0.5, 0.6) is 17.2 Å². The van der Waals surface area contributed by atoms with Crippen LogP contribution in [0.3, 0.4) is 0 Å². The van der Waals surface area contributed by atoms with E-state index in [1.807, 2.05) is 42.5 Å². The van der Waals surface area contributed by atoms with Gasteiger partial charge in [-0.2, -0.15) is 5.10 Å². The number of aromatic nitrogens is 2. The Bertz CT molecular complexity index is 980. The first-order valence-electron chi connectivity index (χ1n) is 9.76. The van der Waals surface area contributed by atoms with Crippen LogP contribution in [-0.4, -0.2) is 36.5 Å². The van der Waals surface area contributed by atoms with Crippen molar-refractivity contribution in [3.8, 4) is 17.2 Å². The zero-order valence-corrected chi connectivity index (χ0v) is 17.7. The Morgan fingerprint density at radius 3 is 2.50 bits per heavy atom. The van der Waals surface area contributed by atoms with Crippen LogP contribution in [-0.2, 0) is 11.3 Å². The van der Waals surface area contributed by atoms with E-state index in [1.54, 1.807) is 31.2 Å². The number of benzene rings is 2. The maximum atomic E-state index is 12.4. The van der Waals surface area contributed by atoms with Crippen molar-refractivity contribution in [3.05, 3.63) is 65.9 Å². The summed E-state index contributed by atoms with van der Waals surface area (Å²) < 4.78 is 18.1. The molecule has 3 aromatic rings. The predicted molar refractivity (Wildman–Crippen MR) is 116 cm³/mol. The molecule has 0 aliphatic carbocycles. The van der Waals surface area contributed by atoms with Crippen molar-refractivity contribution in [2.75, 3.05) is 26.1 Å². The Morgan fingerprint density at radius 2 is 1.83 bits per heavy atom. The molecule has 0 bridgehead atoms. The molecule has 0 saturated carbocycles. The third-order valence-corrected chi connectivity index (χ3v) is 4.71. The second-order valence-electron chi connectivity index (χ2n) is 7.09. The number of hydrogen-bond acceptors (Lipinski definition) is 5. The van der Waals surface area contributed by atoms with Crippen molar-refractivity contribution in [1.82, 2.24) is 9.78 Å². The van der Waals surface area contributed by atoms with Gasteiger partial charge in [-0.3, -0.25) is 4.79 Å². The Kier molecular flexibility index (Phi) is 6.95. The number of amides is 1. The van der Waals surface area contributed by atoms with Crippen molar-refractivity contribution in [2.45, 2.75) is 26.3 Å². The van der Waals surface area contributed by atoms with E-state index in [9.17, 15) is 4.79 Å². The van der Waals surface area contributed by atoms with Crippen molar-refractivity contribution in [3.63, 3.8) is 0 Å². The SMILES string of the molecule is COc1cccc(Cn2nccc2NC(=O)COc2ccc(C(C)C)cc2)c1OC. The van der Waals surface area contributed by atoms with Gasteiger partial charge in [-0.15, -0.1) is 0 Å². The molecule has 0 spiro atoms.